The molecule has 0 bridgehead atoms. The van der Waals surface area contributed by atoms with Crippen LogP contribution in [0, 0.1) is 0 Å². The van der Waals surface area contributed by atoms with Crippen molar-refractivity contribution in [2.45, 2.75) is 26.3 Å². The highest BCUT2D eigenvalue weighted by molar-refractivity contribution is 7.76. The summed E-state index contributed by atoms with van der Waals surface area (Å²) >= 11 is -1.85. The lowest BCUT2D eigenvalue weighted by atomic mass is 10.1. The van der Waals surface area contributed by atoms with Gasteiger partial charge in [0, 0.05) is 12.6 Å². The summed E-state index contributed by atoms with van der Waals surface area (Å²) in [7, 11) is 1.61. The molecule has 1 N–H and O–H groups in total. The molecule has 0 heterocycles. The van der Waals surface area contributed by atoms with Crippen LogP contribution in [0.3, 0.4) is 0 Å². The predicted molar refractivity (Wildman–Crippen MR) is 38.3 cm³/mol. The lowest BCUT2D eigenvalue weighted by molar-refractivity contribution is 0.286. The fourth-order valence-corrected chi connectivity index (χ4v) is 0.703. The normalized spacial score (nSPS) is 16.2. The maximum absolute atomic E-state index is 10.4. The molecule has 0 aromatic carbocycles. The van der Waals surface area contributed by atoms with Gasteiger partial charge in [-0.15, -0.1) is 0 Å². The highest BCUT2D eigenvalue weighted by atomic mass is 32.2. The zero-order chi connectivity index (χ0) is 7.65. The Hall–Kier alpha value is 0.0700. The molecule has 0 saturated carbocycles. The molecule has 0 fully saturated rings. The second-order valence-electron chi connectivity index (χ2n) is 2.90. The zero-order valence-electron chi connectivity index (χ0n) is 6.21. The standard InChI is InChI=1S/C5H13NO2S/c1-5(2,3)6(4)9(7)8/h1-4H3,(H,7,8). The Kier molecular flexibility index (Phi) is 2.79. The summed E-state index contributed by atoms with van der Waals surface area (Å²) in [6, 6.07) is 0. The molecule has 0 amide bonds. The van der Waals surface area contributed by atoms with Gasteiger partial charge in [-0.3, -0.25) is 4.55 Å². The van der Waals surface area contributed by atoms with E-state index >= 15 is 0 Å². The highest BCUT2D eigenvalue weighted by Gasteiger charge is 2.20. The van der Waals surface area contributed by atoms with Gasteiger partial charge in [0.15, 0.2) is 0 Å². The lowest BCUT2D eigenvalue weighted by Crippen LogP contribution is -2.38. The molecule has 0 aromatic rings. The van der Waals surface area contributed by atoms with Gasteiger partial charge in [0.1, 0.15) is 0 Å². The van der Waals surface area contributed by atoms with Gasteiger partial charge in [-0.25, -0.2) is 4.21 Å². The maximum Gasteiger partial charge on any atom is 0.234 e. The second kappa shape index (κ2) is 2.77. The van der Waals surface area contributed by atoms with Crippen molar-refractivity contribution in [3.63, 3.8) is 0 Å². The summed E-state index contributed by atoms with van der Waals surface area (Å²) in [5.74, 6) is 0. The third-order valence-corrected chi connectivity index (χ3v) is 2.20. The molecule has 3 nitrogen and oxygen atoms in total. The van der Waals surface area contributed by atoms with Crippen LogP contribution in [0.4, 0.5) is 0 Å². The smallest absolute Gasteiger partial charge is 0.234 e. The van der Waals surface area contributed by atoms with E-state index in [-0.39, 0.29) is 5.54 Å². The van der Waals surface area contributed by atoms with E-state index in [1.54, 1.807) is 7.05 Å². The number of nitrogens with zero attached hydrogens (tertiary/aromatic N) is 1. The Morgan fingerprint density at radius 1 is 1.44 bits per heavy atom. The van der Waals surface area contributed by atoms with Crippen LogP contribution < -0.4 is 0 Å². The molecule has 0 radical (unpaired) electrons. The largest absolute Gasteiger partial charge is 0.294 e. The first-order valence-electron chi connectivity index (χ1n) is 2.70. The van der Waals surface area contributed by atoms with Crippen LogP contribution in [-0.2, 0) is 11.3 Å². The van der Waals surface area contributed by atoms with Crippen molar-refractivity contribution >= 4 is 11.3 Å². The zero-order valence-corrected chi connectivity index (χ0v) is 7.03. The molecule has 56 valence electrons. The Balaban J connectivity index is 4.04. The first-order chi connectivity index (χ1) is 3.85. The van der Waals surface area contributed by atoms with Gasteiger partial charge < -0.3 is 0 Å². The first-order valence-corrected chi connectivity index (χ1v) is 3.77. The lowest BCUT2D eigenvalue weighted by Gasteiger charge is -2.27. The maximum atomic E-state index is 10.4. The van der Waals surface area contributed by atoms with Crippen LogP contribution in [0.15, 0.2) is 0 Å². The summed E-state index contributed by atoms with van der Waals surface area (Å²) in [5, 5.41) is 0. The third kappa shape index (κ3) is 2.93. The summed E-state index contributed by atoms with van der Waals surface area (Å²) in [6.45, 7) is 5.63. The average Bonchev–Trinajstić information content (AvgIpc) is 1.62. The first kappa shape index (κ1) is 9.07. The van der Waals surface area contributed by atoms with Gasteiger partial charge in [-0.1, -0.05) is 0 Å². The monoisotopic (exact) mass is 151 g/mol. The van der Waals surface area contributed by atoms with Gasteiger partial charge in [0.05, 0.1) is 0 Å². The van der Waals surface area contributed by atoms with Crippen LogP contribution in [0.1, 0.15) is 20.8 Å². The molecule has 0 rings (SSSR count). The van der Waals surface area contributed by atoms with E-state index in [2.05, 4.69) is 0 Å². The summed E-state index contributed by atoms with van der Waals surface area (Å²) < 4.78 is 20.3. The van der Waals surface area contributed by atoms with Gasteiger partial charge in [0.25, 0.3) is 0 Å². The molecule has 0 aromatic heterocycles. The van der Waals surface area contributed by atoms with Crippen LogP contribution in [-0.4, -0.2) is 25.7 Å². The van der Waals surface area contributed by atoms with E-state index in [1.807, 2.05) is 20.8 Å². The third-order valence-electron chi connectivity index (χ3n) is 1.18. The summed E-state index contributed by atoms with van der Waals surface area (Å²) in [5.41, 5.74) is -0.236. The topological polar surface area (TPSA) is 40.5 Å². The fourth-order valence-electron chi connectivity index (χ4n) is 0.234. The molecule has 1 unspecified atom stereocenters. The minimum atomic E-state index is -1.85. The van der Waals surface area contributed by atoms with Crippen molar-refractivity contribution in [2.24, 2.45) is 0 Å². The number of rotatable bonds is 1. The van der Waals surface area contributed by atoms with Crippen LogP contribution in [0.25, 0.3) is 0 Å². The van der Waals surface area contributed by atoms with Crippen molar-refractivity contribution in [1.29, 1.82) is 0 Å². The molecule has 4 heteroatoms. The van der Waals surface area contributed by atoms with Gasteiger partial charge in [0.2, 0.25) is 11.3 Å². The predicted octanol–water partition coefficient (Wildman–Crippen LogP) is 0.853. The van der Waals surface area contributed by atoms with E-state index in [9.17, 15) is 4.21 Å². The molecular weight excluding hydrogens is 138 g/mol. The van der Waals surface area contributed by atoms with Crippen molar-refractivity contribution in [2.75, 3.05) is 7.05 Å². The van der Waals surface area contributed by atoms with Crippen molar-refractivity contribution < 1.29 is 8.76 Å². The van der Waals surface area contributed by atoms with Crippen LogP contribution in [0.5, 0.6) is 0 Å². The second-order valence-corrected chi connectivity index (χ2v) is 3.91. The summed E-state index contributed by atoms with van der Waals surface area (Å²) in [6.07, 6.45) is 0. The molecule has 1 atom stereocenters. The molecule has 0 saturated heterocycles. The number of hydrogen-bond donors (Lipinski definition) is 1. The Labute approximate surface area is 58.5 Å². The molecule has 0 spiro atoms. The Bertz CT molecular complexity index is 119. The quantitative estimate of drug-likeness (QED) is 0.564. The van der Waals surface area contributed by atoms with Gasteiger partial charge in [-0.05, 0) is 20.8 Å². The van der Waals surface area contributed by atoms with E-state index < -0.39 is 11.3 Å². The molecule has 0 aliphatic carbocycles. The van der Waals surface area contributed by atoms with Crippen LogP contribution in [0.2, 0.25) is 0 Å². The van der Waals surface area contributed by atoms with E-state index in [0.29, 0.717) is 0 Å². The Morgan fingerprint density at radius 3 is 1.78 bits per heavy atom. The van der Waals surface area contributed by atoms with Crippen molar-refractivity contribution in [1.82, 2.24) is 4.31 Å². The van der Waals surface area contributed by atoms with Crippen molar-refractivity contribution in [3.05, 3.63) is 0 Å². The van der Waals surface area contributed by atoms with Crippen molar-refractivity contribution in [3.8, 4) is 0 Å². The van der Waals surface area contributed by atoms with E-state index in [0.717, 1.165) is 0 Å². The molecule has 9 heavy (non-hydrogen) atoms. The minimum Gasteiger partial charge on any atom is -0.294 e. The van der Waals surface area contributed by atoms with E-state index in [1.165, 1.54) is 4.31 Å². The molecular formula is C5H13NO2S. The summed E-state index contributed by atoms with van der Waals surface area (Å²) in [4.78, 5) is 0. The minimum absolute atomic E-state index is 0.236. The van der Waals surface area contributed by atoms with Crippen LogP contribution >= 0.6 is 0 Å². The van der Waals surface area contributed by atoms with E-state index in [4.69, 9.17) is 4.55 Å². The molecule has 0 aliphatic rings. The molecule has 0 aliphatic heterocycles. The highest BCUT2D eigenvalue weighted by Crippen LogP contribution is 2.10. The fraction of sp³-hybridized carbons (Fsp3) is 1.00. The van der Waals surface area contributed by atoms with Gasteiger partial charge in [-0.2, -0.15) is 4.31 Å². The SMILES string of the molecule is CN(S(=O)O)C(C)(C)C. The Morgan fingerprint density at radius 2 is 1.78 bits per heavy atom. The van der Waals surface area contributed by atoms with Gasteiger partial charge >= 0.3 is 0 Å². The average molecular weight is 151 g/mol. The number of hydrogen-bond acceptors (Lipinski definition) is 1.